The number of aliphatic hydroxyl groups excluding tert-OH is 1. The number of rotatable bonds is 5. The minimum atomic E-state index is -0.0314. The van der Waals surface area contributed by atoms with E-state index in [0.717, 1.165) is 7.11 Å². The van der Waals surface area contributed by atoms with E-state index in [2.05, 4.69) is 61.4 Å². The summed E-state index contributed by atoms with van der Waals surface area (Å²) >= 11 is 0. The molecule has 2 rings (SSSR count). The van der Waals surface area contributed by atoms with Crippen LogP contribution in [0.2, 0.25) is 0 Å². The zero-order valence-electron chi connectivity index (χ0n) is 17.3. The van der Waals surface area contributed by atoms with Crippen molar-refractivity contribution in [2.75, 3.05) is 20.7 Å². The third-order valence-corrected chi connectivity index (χ3v) is 2.99. The third-order valence-electron chi connectivity index (χ3n) is 2.99. The number of nitrogens with one attached hydrogen (secondary N) is 2. The smallest absolute Gasteiger partial charge is 0.251 e. The molecule has 0 saturated heterocycles. The molecule has 0 fully saturated rings. The Kier molecular flexibility index (Phi) is 25.9. The zero-order chi connectivity index (χ0) is 20.2. The van der Waals surface area contributed by atoms with E-state index in [1.54, 1.807) is 24.5 Å². The summed E-state index contributed by atoms with van der Waals surface area (Å²) in [6.07, 6.45) is 5.68. The van der Waals surface area contributed by atoms with Gasteiger partial charge in [-0.1, -0.05) is 57.5 Å². The molecule has 27 heavy (non-hydrogen) atoms. The Hall–Kier alpha value is -1.14. The summed E-state index contributed by atoms with van der Waals surface area (Å²) in [7, 11) is 2.25. The van der Waals surface area contributed by atoms with Crippen molar-refractivity contribution in [3.8, 4) is 0 Å². The molecule has 1 aromatic carbocycles. The molecule has 0 bridgehead atoms. The average molecular weight is 449 g/mol. The number of benzene rings is 1. The molecule has 2 aromatic rings. The van der Waals surface area contributed by atoms with Crippen molar-refractivity contribution < 1.29 is 42.6 Å². The molecule has 0 saturated carbocycles. The van der Waals surface area contributed by atoms with Crippen LogP contribution in [0, 0.1) is 5.92 Å². The van der Waals surface area contributed by atoms with Gasteiger partial charge in [0.25, 0.3) is 5.91 Å². The molecule has 1 radical (unpaired) electrons. The largest absolute Gasteiger partial charge is 0.680 e. The fraction of sp³-hybridized carbons (Fsp3) is 0.429. The summed E-state index contributed by atoms with van der Waals surface area (Å²) in [6, 6.07) is 14.0. The van der Waals surface area contributed by atoms with Gasteiger partial charge in [-0.25, -0.2) is 0 Å². The van der Waals surface area contributed by atoms with E-state index in [-0.39, 0.29) is 38.6 Å². The number of hydrogen-bond donors (Lipinski definition) is 2. The molecule has 1 amide bonds. The Morgan fingerprint density at radius 3 is 2.04 bits per heavy atom. The van der Waals surface area contributed by atoms with Crippen molar-refractivity contribution in [1.29, 1.82) is 0 Å². The molecule has 0 unspecified atom stereocenters. The van der Waals surface area contributed by atoms with Crippen molar-refractivity contribution in [1.82, 2.24) is 10.3 Å². The summed E-state index contributed by atoms with van der Waals surface area (Å²) in [4.78, 5) is 15.3. The second-order valence-electron chi connectivity index (χ2n) is 5.58. The number of carbonyl (C=O) groups excluding carboxylic acids is 1. The number of aryl methyl sites for hydroxylation is 1. The number of carbonyl (C=O) groups is 1. The summed E-state index contributed by atoms with van der Waals surface area (Å²) in [5.41, 5.74) is 7.86. The molecule has 0 atom stereocenters. The van der Waals surface area contributed by atoms with Gasteiger partial charge >= 0.3 is 0 Å². The second kappa shape index (κ2) is 22.9. The van der Waals surface area contributed by atoms with Crippen molar-refractivity contribution in [2.24, 2.45) is 5.92 Å². The van der Waals surface area contributed by atoms with E-state index in [0.29, 0.717) is 18.0 Å². The van der Waals surface area contributed by atoms with Crippen LogP contribution in [0.1, 0.15) is 43.1 Å². The average Bonchev–Trinajstić information content (AvgIpc) is 2.71. The quantitative estimate of drug-likeness (QED) is 0.710. The first-order valence-electron chi connectivity index (χ1n) is 8.80. The Morgan fingerprint density at radius 1 is 1.07 bits per heavy atom. The van der Waals surface area contributed by atoms with Crippen molar-refractivity contribution in [3.63, 3.8) is 0 Å². The second-order valence-corrected chi connectivity index (χ2v) is 5.58. The van der Waals surface area contributed by atoms with Crippen LogP contribution in [0.25, 0.3) is 5.73 Å². The van der Waals surface area contributed by atoms with Crippen LogP contribution in [-0.4, -0.2) is 36.7 Å². The number of nitrogens with zero attached hydrogens (tertiary/aromatic N) is 1. The van der Waals surface area contributed by atoms with Crippen LogP contribution in [0.3, 0.4) is 0 Å². The number of amides is 1. The van der Waals surface area contributed by atoms with Crippen molar-refractivity contribution in [3.05, 3.63) is 71.7 Å². The molecule has 5 nitrogen and oxygen atoms in total. The predicted molar refractivity (Wildman–Crippen MR) is 110 cm³/mol. The Labute approximate surface area is 190 Å². The van der Waals surface area contributed by atoms with Gasteiger partial charge in [-0.05, 0) is 30.0 Å². The molecule has 0 aliphatic carbocycles. The fourth-order valence-corrected chi connectivity index (χ4v) is 1.84. The molecule has 0 spiro atoms. The van der Waals surface area contributed by atoms with Crippen LogP contribution in [0.5, 0.6) is 0 Å². The van der Waals surface area contributed by atoms with E-state index in [4.69, 9.17) is 10.8 Å². The van der Waals surface area contributed by atoms with Crippen LogP contribution in [0.4, 0.5) is 0 Å². The van der Waals surface area contributed by atoms with Gasteiger partial charge in [-0.15, -0.1) is 0 Å². The molecule has 0 aliphatic heterocycles. The first-order chi connectivity index (χ1) is 12.6. The van der Waals surface area contributed by atoms with Gasteiger partial charge in [-0.2, -0.15) is 7.05 Å². The van der Waals surface area contributed by atoms with Gasteiger partial charge in [0.2, 0.25) is 0 Å². The van der Waals surface area contributed by atoms with Gasteiger partial charge in [-0.3, -0.25) is 9.78 Å². The number of aromatic nitrogens is 1. The van der Waals surface area contributed by atoms with E-state index < -0.39 is 0 Å². The molecule has 149 valence electrons. The van der Waals surface area contributed by atoms with Crippen LogP contribution < -0.4 is 5.32 Å². The summed E-state index contributed by atoms with van der Waals surface area (Å²) in [5.74, 6) is 0.446. The first-order valence-corrected chi connectivity index (χ1v) is 8.80. The van der Waals surface area contributed by atoms with Gasteiger partial charge in [0.15, 0.2) is 0 Å². The van der Waals surface area contributed by atoms with E-state index in [1.807, 2.05) is 0 Å². The minimum absolute atomic E-state index is 0. The Bertz CT molecular complexity index is 538. The van der Waals surface area contributed by atoms with Gasteiger partial charge in [0, 0.05) is 64.3 Å². The number of pyridine rings is 1. The monoisotopic (exact) mass is 449 g/mol. The first kappa shape index (κ1) is 30.6. The van der Waals surface area contributed by atoms with Crippen molar-refractivity contribution >= 4 is 5.91 Å². The minimum Gasteiger partial charge on any atom is -0.680 e. The predicted octanol–water partition coefficient (Wildman–Crippen LogP) is 4.38. The fourth-order valence-electron chi connectivity index (χ4n) is 1.84. The van der Waals surface area contributed by atoms with E-state index in [9.17, 15) is 4.79 Å². The normalized spacial score (nSPS) is 8.44. The maximum atomic E-state index is 11.4. The summed E-state index contributed by atoms with van der Waals surface area (Å²) in [5, 5.41) is 9.83. The van der Waals surface area contributed by atoms with Crippen LogP contribution >= 0.6 is 0 Å². The number of hydrogen-bond acceptors (Lipinski definition) is 3. The Balaban J connectivity index is -0.000000362. The molecule has 6 heteroatoms. The van der Waals surface area contributed by atoms with Crippen LogP contribution in [-0.2, 0) is 39.1 Å². The van der Waals surface area contributed by atoms with Crippen LogP contribution in [0.15, 0.2) is 54.9 Å². The number of aliphatic hydroxyl groups is 1. The zero-order valence-corrected chi connectivity index (χ0v) is 20.1. The third kappa shape index (κ3) is 18.0. The van der Waals surface area contributed by atoms with Gasteiger partial charge < -0.3 is 16.2 Å². The molecule has 0 aliphatic rings. The molecule has 1 aromatic heterocycles. The molecular weight excluding hydrogens is 415 g/mol. The van der Waals surface area contributed by atoms with Gasteiger partial charge in [0.1, 0.15) is 0 Å². The SMILES string of the molecule is CC(C)CNC(=O)c1ccncc1.CCCc1ccccc1.CO.C[NH-].[Y]. The maximum absolute atomic E-state index is 11.4. The summed E-state index contributed by atoms with van der Waals surface area (Å²) < 4.78 is 0. The standard InChI is InChI=1S/C10H14N2O.C9H12.CH4N.CH4O.Y/c1-8(2)7-12-10(13)9-3-5-11-6-4-9;1-2-6-9-7-4-3-5-8-9;2*1-2;/h3-6,8H,7H2,1-2H3,(H,12,13);3-5,7-8H,2,6H2,1H3;2*2H,1H3;/q;;-1;;. The Morgan fingerprint density at radius 2 is 1.59 bits per heavy atom. The van der Waals surface area contributed by atoms with E-state index in [1.165, 1.54) is 25.5 Å². The maximum Gasteiger partial charge on any atom is 0.251 e. The topological polar surface area (TPSA) is 86.0 Å². The molecule has 1 heterocycles. The summed E-state index contributed by atoms with van der Waals surface area (Å²) in [6.45, 7) is 7.04. The van der Waals surface area contributed by atoms with Gasteiger partial charge in [0.05, 0.1) is 0 Å². The van der Waals surface area contributed by atoms with E-state index >= 15 is 0 Å². The van der Waals surface area contributed by atoms with Crippen molar-refractivity contribution in [2.45, 2.75) is 33.6 Å². The molecular formula is C21H34N3O2Y-. The molecule has 3 N–H and O–H groups in total.